The average Bonchev–Trinajstić information content (AvgIpc) is 3.78. The van der Waals surface area contributed by atoms with Crippen molar-refractivity contribution in [2.45, 2.75) is 104 Å². The van der Waals surface area contributed by atoms with Gasteiger partial charge in [0.2, 0.25) is 0 Å². The standard InChI is InChI=1S/C23H25.C23H27.2CH3.2ClH.Si.Zr/c1-2-17-15-21-9-6-10-22(23(21)16-17)20-13-11-19(12-14-20)18-7-4-3-5-8-18;1-5-7-17(4)21-14-20-8-6-9-22(23(20)15-21)19-12-10-18(11-13-19)16(2)3;;;;;;/h6,9-16,18H,2-5,7-8H2,1H3;6,8-17H,5,7H2,1-4H3;2*1H3;2*1H;;/q4*-1;;;;. The molecule has 0 amide bonds. The number of fused-ring (bicyclic) bond motifs is 2. The Kier molecular flexibility index (Phi) is 21.6. The third-order valence-electron chi connectivity index (χ3n) is 10.5. The van der Waals surface area contributed by atoms with Gasteiger partial charge in [-0.25, -0.2) is 0 Å². The quantitative estimate of drug-likeness (QED) is 0.106. The molecule has 0 N–H and O–H groups in total. The molecule has 1 unspecified atom stereocenters. The second-order valence-electron chi connectivity index (χ2n) is 14.0. The number of hydrogen-bond donors (Lipinski definition) is 0. The van der Waals surface area contributed by atoms with Gasteiger partial charge in [-0.05, 0) is 65.7 Å². The van der Waals surface area contributed by atoms with Gasteiger partial charge in [0, 0.05) is 0 Å². The fraction of sp³-hybridized carbons (Fsp3) is 0.333. The first-order valence-electron chi connectivity index (χ1n) is 18.3. The first-order valence-corrected chi connectivity index (χ1v) is 22.5. The molecular formula is C48H60Cl2SiZr-4. The Bertz CT molecular complexity index is 1870. The van der Waals surface area contributed by atoms with Gasteiger partial charge in [0.15, 0.2) is 0 Å². The van der Waals surface area contributed by atoms with Crippen molar-refractivity contribution < 1.29 is 23.3 Å². The minimum atomic E-state index is 0. The van der Waals surface area contributed by atoms with Crippen molar-refractivity contribution >= 4 is 53.2 Å². The van der Waals surface area contributed by atoms with Gasteiger partial charge in [-0.15, -0.1) is 93.9 Å². The van der Waals surface area contributed by atoms with Crippen LogP contribution >= 0.6 is 24.8 Å². The first-order chi connectivity index (χ1) is 23.4. The van der Waals surface area contributed by atoms with Crippen LogP contribution in [0.15, 0.2) is 109 Å². The molecule has 1 atom stereocenters. The number of hydrogen-bond acceptors (Lipinski definition) is 0. The van der Waals surface area contributed by atoms with Crippen LogP contribution in [0, 0.1) is 14.9 Å². The van der Waals surface area contributed by atoms with Crippen LogP contribution in [0.4, 0.5) is 0 Å². The maximum atomic E-state index is 3.06. The Morgan fingerprint density at radius 3 is 1.71 bits per heavy atom. The zero-order valence-corrected chi connectivity index (χ0v) is 37.7. The van der Waals surface area contributed by atoms with Gasteiger partial charge in [0.25, 0.3) is 0 Å². The van der Waals surface area contributed by atoms with Crippen molar-refractivity contribution in [2.75, 3.05) is 0 Å². The number of halogens is 2. The second kappa shape index (κ2) is 23.5. The normalized spacial score (nSPS) is 12.9. The van der Waals surface area contributed by atoms with Gasteiger partial charge in [0.1, 0.15) is 0 Å². The molecule has 6 aromatic carbocycles. The third-order valence-corrected chi connectivity index (χ3v) is 10.5. The molecule has 0 aliphatic heterocycles. The Balaban J connectivity index is 0.000000462. The Hall–Kier alpha value is -2.22. The van der Waals surface area contributed by atoms with Crippen molar-refractivity contribution in [3.05, 3.63) is 146 Å². The van der Waals surface area contributed by atoms with Crippen molar-refractivity contribution in [1.82, 2.24) is 0 Å². The molecule has 4 heteroatoms. The van der Waals surface area contributed by atoms with Crippen molar-refractivity contribution in [2.24, 2.45) is 0 Å². The molecule has 1 fully saturated rings. The summed E-state index contributed by atoms with van der Waals surface area (Å²) in [5.74, 6) is 2.02. The van der Waals surface area contributed by atoms with Crippen LogP contribution in [0.3, 0.4) is 0 Å². The van der Waals surface area contributed by atoms with Gasteiger partial charge >= 0.3 is 30.2 Å². The summed E-state index contributed by atoms with van der Waals surface area (Å²) in [6.07, 6.45) is 10.6. The summed E-state index contributed by atoms with van der Waals surface area (Å²) < 4.78 is 0. The van der Waals surface area contributed by atoms with Crippen molar-refractivity contribution in [3.63, 3.8) is 0 Å². The predicted octanol–water partition coefficient (Wildman–Crippen LogP) is 15.4. The van der Waals surface area contributed by atoms with Gasteiger partial charge in [-0.3, -0.25) is 0 Å². The van der Waals surface area contributed by atoms with E-state index >= 15 is 0 Å². The van der Waals surface area contributed by atoms with Gasteiger partial charge in [0.05, 0.1) is 0 Å². The average molecular weight is 827 g/mol. The molecule has 0 heterocycles. The van der Waals surface area contributed by atoms with Gasteiger partial charge in [-0.2, -0.15) is 12.1 Å². The van der Waals surface area contributed by atoms with E-state index in [1.165, 1.54) is 134 Å². The van der Waals surface area contributed by atoms with E-state index in [2.05, 4.69) is 151 Å². The molecule has 0 aromatic heterocycles. The molecular weight excluding hydrogens is 767 g/mol. The molecule has 6 aromatic rings. The Morgan fingerprint density at radius 2 is 1.19 bits per heavy atom. The summed E-state index contributed by atoms with van der Waals surface area (Å²) in [7, 11) is 0. The van der Waals surface area contributed by atoms with Crippen LogP contribution in [0.25, 0.3) is 43.8 Å². The molecule has 0 saturated heterocycles. The van der Waals surface area contributed by atoms with E-state index in [9.17, 15) is 0 Å². The molecule has 7 rings (SSSR count). The molecule has 278 valence electrons. The first kappa shape index (κ1) is 47.8. The summed E-state index contributed by atoms with van der Waals surface area (Å²) in [5, 5.41) is 5.53. The molecule has 1 saturated carbocycles. The third kappa shape index (κ3) is 11.6. The van der Waals surface area contributed by atoms with Gasteiger partial charge in [-0.1, -0.05) is 132 Å². The zero-order chi connectivity index (χ0) is 34.0. The molecule has 0 bridgehead atoms. The summed E-state index contributed by atoms with van der Waals surface area (Å²) in [4.78, 5) is 0. The maximum absolute atomic E-state index is 3.06. The van der Waals surface area contributed by atoms with Crippen LogP contribution in [0.2, 0.25) is 0 Å². The Labute approximate surface area is 346 Å². The number of rotatable bonds is 8. The topological polar surface area (TPSA) is 0 Å². The molecule has 2 radical (unpaired) electrons. The summed E-state index contributed by atoms with van der Waals surface area (Å²) >= 11 is 1.36. The molecule has 0 spiro atoms. The summed E-state index contributed by atoms with van der Waals surface area (Å²) in [6, 6.07) is 41.3. The predicted molar refractivity (Wildman–Crippen MR) is 236 cm³/mol. The molecule has 0 nitrogen and oxygen atoms in total. The van der Waals surface area contributed by atoms with E-state index in [0.717, 1.165) is 12.3 Å². The zero-order valence-electron chi connectivity index (χ0n) is 32.6. The monoisotopic (exact) mass is 824 g/mol. The van der Waals surface area contributed by atoms with E-state index in [0.29, 0.717) is 11.8 Å². The minimum absolute atomic E-state index is 0. The van der Waals surface area contributed by atoms with E-state index < -0.39 is 0 Å². The van der Waals surface area contributed by atoms with Crippen LogP contribution in [0.5, 0.6) is 0 Å². The van der Waals surface area contributed by atoms with Crippen LogP contribution in [0.1, 0.15) is 120 Å². The number of benzene rings is 4. The van der Waals surface area contributed by atoms with Crippen LogP contribution in [-0.2, 0) is 29.8 Å². The molecule has 1 aliphatic carbocycles. The molecule has 52 heavy (non-hydrogen) atoms. The van der Waals surface area contributed by atoms with Crippen molar-refractivity contribution in [3.8, 4) is 22.3 Å². The van der Waals surface area contributed by atoms with Gasteiger partial charge < -0.3 is 14.9 Å². The fourth-order valence-electron chi connectivity index (χ4n) is 7.56. The number of aryl methyl sites for hydroxylation is 1. The van der Waals surface area contributed by atoms with E-state index in [1.807, 2.05) is 0 Å². The summed E-state index contributed by atoms with van der Waals surface area (Å²) in [6.45, 7) is 14.4. The van der Waals surface area contributed by atoms with Crippen LogP contribution < -0.4 is 0 Å². The van der Waals surface area contributed by atoms with E-state index in [-0.39, 0.29) is 39.7 Å². The summed E-state index contributed by atoms with van der Waals surface area (Å²) in [5.41, 5.74) is 11.3. The van der Waals surface area contributed by atoms with Crippen LogP contribution in [-0.4, -0.2) is 6.88 Å². The molecule has 1 aliphatic rings. The van der Waals surface area contributed by atoms with E-state index in [4.69, 9.17) is 0 Å². The van der Waals surface area contributed by atoms with E-state index in [1.54, 1.807) is 0 Å². The SMILES string of the molecule is CCCC(C)c1cc2c(-c3ccc(C(C)C)cc3)cccc2[cH-]1.CCc1cc2c(-c3ccc(C4CCCCC4)cc3)cccc2[cH-]1.Cl.Cl.[CH3-].[CH3-].[Si]=[Zr]. The van der Waals surface area contributed by atoms with Crippen molar-refractivity contribution in [1.29, 1.82) is 0 Å². The fourth-order valence-corrected chi connectivity index (χ4v) is 7.56. The second-order valence-corrected chi connectivity index (χ2v) is 14.0. The Morgan fingerprint density at radius 1 is 0.673 bits per heavy atom.